The summed E-state index contributed by atoms with van der Waals surface area (Å²) in [5.74, 6) is -0.0638. The summed E-state index contributed by atoms with van der Waals surface area (Å²) >= 11 is 0. The fourth-order valence-corrected chi connectivity index (χ4v) is 2.46. The molecule has 1 amide bonds. The minimum absolute atomic E-state index is 0.0258. The summed E-state index contributed by atoms with van der Waals surface area (Å²) in [6, 6.07) is 19.4. The molecule has 3 aromatic rings. The Labute approximate surface area is 166 Å². The highest BCUT2D eigenvalue weighted by atomic mass is 16.6. The van der Waals surface area contributed by atoms with Crippen molar-refractivity contribution in [3.63, 3.8) is 0 Å². The average molecular weight is 391 g/mol. The van der Waals surface area contributed by atoms with Crippen LogP contribution in [-0.4, -0.2) is 22.2 Å². The lowest BCUT2D eigenvalue weighted by atomic mass is 10.2. The number of phenols is 1. The van der Waals surface area contributed by atoms with E-state index in [1.807, 2.05) is 0 Å². The molecule has 0 saturated carbocycles. The van der Waals surface area contributed by atoms with Crippen LogP contribution >= 0.6 is 0 Å². The van der Waals surface area contributed by atoms with Crippen LogP contribution in [0.3, 0.4) is 0 Å². The van der Waals surface area contributed by atoms with Crippen LogP contribution in [0.4, 0.5) is 5.69 Å². The van der Waals surface area contributed by atoms with Crippen molar-refractivity contribution in [1.82, 2.24) is 5.43 Å². The maximum atomic E-state index is 12.0. The van der Waals surface area contributed by atoms with E-state index in [1.165, 1.54) is 30.5 Å². The molecule has 0 aliphatic carbocycles. The van der Waals surface area contributed by atoms with Crippen molar-refractivity contribution in [2.24, 2.45) is 5.10 Å². The number of carbonyl (C=O) groups is 1. The van der Waals surface area contributed by atoms with Gasteiger partial charge in [-0.2, -0.15) is 5.10 Å². The van der Waals surface area contributed by atoms with Crippen molar-refractivity contribution >= 4 is 17.8 Å². The van der Waals surface area contributed by atoms with Gasteiger partial charge in [-0.1, -0.05) is 24.3 Å². The fourth-order valence-electron chi connectivity index (χ4n) is 2.46. The largest absolute Gasteiger partial charge is 0.507 e. The number of nitro groups is 1. The molecule has 146 valence electrons. The van der Waals surface area contributed by atoms with E-state index >= 15 is 0 Å². The topological polar surface area (TPSA) is 114 Å². The summed E-state index contributed by atoms with van der Waals surface area (Å²) < 4.78 is 5.69. The van der Waals surface area contributed by atoms with Gasteiger partial charge in [0.25, 0.3) is 11.6 Å². The zero-order valence-corrected chi connectivity index (χ0v) is 15.2. The van der Waals surface area contributed by atoms with Crippen LogP contribution in [0, 0.1) is 10.1 Å². The number of nitrogens with one attached hydrogen (secondary N) is 1. The summed E-state index contributed by atoms with van der Waals surface area (Å²) in [7, 11) is 0. The summed E-state index contributed by atoms with van der Waals surface area (Å²) in [4.78, 5) is 22.2. The Morgan fingerprint density at radius 1 is 1.10 bits per heavy atom. The molecule has 3 aromatic carbocycles. The molecule has 0 spiro atoms. The van der Waals surface area contributed by atoms with Gasteiger partial charge in [-0.05, 0) is 47.5 Å². The minimum Gasteiger partial charge on any atom is -0.507 e. The van der Waals surface area contributed by atoms with Gasteiger partial charge in [-0.15, -0.1) is 0 Å². The fraction of sp³-hybridized carbons (Fsp3) is 0.0476. The van der Waals surface area contributed by atoms with Gasteiger partial charge in [0.05, 0.1) is 16.7 Å². The van der Waals surface area contributed by atoms with Gasteiger partial charge < -0.3 is 9.84 Å². The first-order chi connectivity index (χ1) is 14.0. The number of non-ortho nitro benzene ring substituents is 1. The highest BCUT2D eigenvalue weighted by molar-refractivity contribution is 5.97. The SMILES string of the molecule is O=C(N/N=C\c1cccc(OCc2ccc([N+](=O)[O-])cc2)c1)c1ccccc1O. The lowest BCUT2D eigenvalue weighted by Crippen LogP contribution is -2.17. The predicted octanol–water partition coefficient (Wildman–Crippen LogP) is 3.64. The lowest BCUT2D eigenvalue weighted by molar-refractivity contribution is -0.384. The summed E-state index contributed by atoms with van der Waals surface area (Å²) in [6.45, 7) is 0.253. The van der Waals surface area contributed by atoms with E-state index in [-0.39, 0.29) is 23.6 Å². The first kappa shape index (κ1) is 19.6. The van der Waals surface area contributed by atoms with Crippen molar-refractivity contribution in [2.45, 2.75) is 6.61 Å². The third kappa shape index (κ3) is 5.39. The smallest absolute Gasteiger partial charge is 0.275 e. The number of nitro benzene ring substituents is 1. The maximum absolute atomic E-state index is 12.0. The normalized spacial score (nSPS) is 10.6. The molecule has 0 aliphatic heterocycles. The number of aromatic hydroxyl groups is 1. The second-order valence-corrected chi connectivity index (χ2v) is 6.00. The Morgan fingerprint density at radius 3 is 2.59 bits per heavy atom. The minimum atomic E-state index is -0.523. The first-order valence-corrected chi connectivity index (χ1v) is 8.60. The van der Waals surface area contributed by atoms with E-state index in [9.17, 15) is 20.0 Å². The zero-order chi connectivity index (χ0) is 20.6. The van der Waals surface area contributed by atoms with Gasteiger partial charge in [0, 0.05) is 12.1 Å². The number of carbonyl (C=O) groups excluding carboxylic acids is 1. The second kappa shape index (κ2) is 9.14. The van der Waals surface area contributed by atoms with E-state index in [2.05, 4.69) is 10.5 Å². The van der Waals surface area contributed by atoms with Crippen LogP contribution in [0.2, 0.25) is 0 Å². The number of rotatable bonds is 7. The molecule has 0 saturated heterocycles. The standard InChI is InChI=1S/C21H17N3O5/c25-20-7-2-1-6-19(20)21(26)23-22-13-16-4-3-5-18(12-16)29-14-15-8-10-17(11-9-15)24(27)28/h1-13,25H,14H2,(H,23,26)/b22-13-. The molecule has 0 atom stereocenters. The van der Waals surface area contributed by atoms with Crippen molar-refractivity contribution in [3.8, 4) is 11.5 Å². The highest BCUT2D eigenvalue weighted by Gasteiger charge is 2.08. The van der Waals surface area contributed by atoms with E-state index in [1.54, 1.807) is 48.5 Å². The van der Waals surface area contributed by atoms with Gasteiger partial charge in [-0.3, -0.25) is 14.9 Å². The molecule has 0 heterocycles. The summed E-state index contributed by atoms with van der Waals surface area (Å²) in [5, 5.41) is 24.2. The van der Waals surface area contributed by atoms with Crippen LogP contribution in [0.5, 0.6) is 11.5 Å². The highest BCUT2D eigenvalue weighted by Crippen LogP contribution is 2.17. The zero-order valence-electron chi connectivity index (χ0n) is 15.2. The number of ether oxygens (including phenoxy) is 1. The molecule has 29 heavy (non-hydrogen) atoms. The molecule has 3 rings (SSSR count). The van der Waals surface area contributed by atoms with Crippen LogP contribution in [0.15, 0.2) is 77.9 Å². The van der Waals surface area contributed by atoms with Crippen LogP contribution in [0.1, 0.15) is 21.5 Å². The number of hydrogen-bond donors (Lipinski definition) is 2. The number of amides is 1. The van der Waals surface area contributed by atoms with E-state index in [4.69, 9.17) is 4.74 Å². The van der Waals surface area contributed by atoms with Crippen molar-refractivity contribution in [3.05, 3.63) is 99.6 Å². The number of hydrazone groups is 1. The molecule has 8 nitrogen and oxygen atoms in total. The Balaban J connectivity index is 1.57. The number of hydrogen-bond acceptors (Lipinski definition) is 6. The predicted molar refractivity (Wildman–Crippen MR) is 107 cm³/mol. The van der Waals surface area contributed by atoms with Crippen molar-refractivity contribution in [2.75, 3.05) is 0 Å². The van der Waals surface area contributed by atoms with Gasteiger partial charge in [0.1, 0.15) is 18.1 Å². The molecule has 2 N–H and O–H groups in total. The Bertz CT molecular complexity index is 1050. The molecular weight excluding hydrogens is 374 g/mol. The van der Waals surface area contributed by atoms with Crippen LogP contribution in [0.25, 0.3) is 0 Å². The van der Waals surface area contributed by atoms with Gasteiger partial charge in [0.2, 0.25) is 0 Å². The molecule has 0 unspecified atom stereocenters. The van der Waals surface area contributed by atoms with Crippen LogP contribution < -0.4 is 10.2 Å². The summed E-state index contributed by atoms with van der Waals surface area (Å²) in [5.41, 5.74) is 4.00. The Morgan fingerprint density at radius 2 is 1.86 bits per heavy atom. The molecule has 0 bridgehead atoms. The third-order valence-corrected chi connectivity index (χ3v) is 3.94. The lowest BCUT2D eigenvalue weighted by Gasteiger charge is -2.07. The molecule has 8 heteroatoms. The van der Waals surface area contributed by atoms with Gasteiger partial charge in [0.15, 0.2) is 0 Å². The first-order valence-electron chi connectivity index (χ1n) is 8.60. The maximum Gasteiger partial charge on any atom is 0.275 e. The number of para-hydroxylation sites is 1. The molecule has 0 aliphatic rings. The van der Waals surface area contributed by atoms with Crippen molar-refractivity contribution in [1.29, 1.82) is 0 Å². The number of phenolic OH excluding ortho intramolecular Hbond substituents is 1. The molecule has 0 radical (unpaired) electrons. The van der Waals surface area contributed by atoms with E-state index in [0.717, 1.165) is 5.56 Å². The molecule has 0 aromatic heterocycles. The van der Waals surface area contributed by atoms with E-state index < -0.39 is 10.8 Å². The number of benzene rings is 3. The Hall–Kier alpha value is -4.20. The quantitative estimate of drug-likeness (QED) is 0.363. The van der Waals surface area contributed by atoms with Gasteiger partial charge in [-0.25, -0.2) is 5.43 Å². The second-order valence-electron chi connectivity index (χ2n) is 6.00. The molecular formula is C21H17N3O5. The Kier molecular flexibility index (Phi) is 6.16. The monoisotopic (exact) mass is 391 g/mol. The summed E-state index contributed by atoms with van der Waals surface area (Å²) in [6.07, 6.45) is 1.45. The third-order valence-electron chi connectivity index (χ3n) is 3.94. The number of nitrogens with zero attached hydrogens (tertiary/aromatic N) is 2. The van der Waals surface area contributed by atoms with Crippen molar-refractivity contribution < 1.29 is 19.6 Å². The van der Waals surface area contributed by atoms with E-state index in [0.29, 0.717) is 11.3 Å². The molecule has 0 fully saturated rings. The average Bonchev–Trinajstić information content (AvgIpc) is 2.73. The van der Waals surface area contributed by atoms with Gasteiger partial charge >= 0.3 is 0 Å². The van der Waals surface area contributed by atoms with Crippen LogP contribution in [-0.2, 0) is 6.61 Å².